The number of nitrogens with one attached hydrogen (secondary N) is 1. The number of carbonyl (C=O) groups is 3. The molecule has 0 atom stereocenters. The molecule has 0 spiro atoms. The van der Waals surface area contributed by atoms with Gasteiger partial charge in [-0.15, -0.1) is 11.3 Å². The highest BCUT2D eigenvalue weighted by atomic mass is 32.1. The molecule has 0 radical (unpaired) electrons. The predicted octanol–water partition coefficient (Wildman–Crippen LogP) is 2.64. The van der Waals surface area contributed by atoms with E-state index in [9.17, 15) is 14.4 Å². The van der Waals surface area contributed by atoms with Gasteiger partial charge in [-0.3, -0.25) is 9.59 Å². The Kier molecular flexibility index (Phi) is 7.08. The van der Waals surface area contributed by atoms with Crippen molar-refractivity contribution in [3.63, 3.8) is 0 Å². The van der Waals surface area contributed by atoms with Crippen LogP contribution in [-0.2, 0) is 17.7 Å². The number of fused-ring (bicyclic) bond motifs is 1. The Bertz CT molecular complexity index is 1030. The fourth-order valence-electron chi connectivity index (χ4n) is 3.51. The number of carbonyl (C=O) groups excluding carboxylic acids is 3. The molecule has 32 heavy (non-hydrogen) atoms. The number of nitrogens with zero attached hydrogens (tertiary/aromatic N) is 1. The lowest BCUT2D eigenvalue weighted by Gasteiger charge is -2.26. The third-order valence-corrected chi connectivity index (χ3v) is 6.12. The van der Waals surface area contributed by atoms with Crippen LogP contribution >= 0.6 is 11.3 Å². The van der Waals surface area contributed by atoms with Crippen molar-refractivity contribution in [2.24, 2.45) is 5.73 Å². The van der Waals surface area contributed by atoms with Gasteiger partial charge in [0.05, 0.1) is 40.0 Å². The summed E-state index contributed by atoms with van der Waals surface area (Å²) in [6.45, 7) is 2.68. The van der Waals surface area contributed by atoms with E-state index in [1.54, 1.807) is 11.8 Å². The SMILES string of the molecule is CCOC(=O)N1CCc2c(sc(NC(=O)c3cc(OC)c(OC)c(OC)c3)c2C(N)=O)C1. The summed E-state index contributed by atoms with van der Waals surface area (Å²) < 4.78 is 20.9. The molecule has 1 aromatic heterocycles. The van der Waals surface area contributed by atoms with E-state index in [1.807, 2.05) is 0 Å². The molecule has 1 aromatic carbocycles. The topological polar surface area (TPSA) is 129 Å². The third-order valence-electron chi connectivity index (χ3n) is 4.98. The molecule has 2 aromatic rings. The van der Waals surface area contributed by atoms with Crippen LogP contribution in [0.5, 0.6) is 17.2 Å². The molecule has 1 aliphatic rings. The molecule has 3 rings (SSSR count). The van der Waals surface area contributed by atoms with Crippen molar-refractivity contribution >= 4 is 34.2 Å². The van der Waals surface area contributed by atoms with E-state index in [2.05, 4.69) is 5.32 Å². The highest BCUT2D eigenvalue weighted by Gasteiger charge is 2.30. The van der Waals surface area contributed by atoms with Gasteiger partial charge in [-0.05, 0) is 31.0 Å². The lowest BCUT2D eigenvalue weighted by atomic mass is 10.0. The minimum absolute atomic E-state index is 0.245. The first-order valence-corrected chi connectivity index (χ1v) is 10.6. The number of anilines is 1. The maximum atomic E-state index is 13.0. The molecule has 0 bridgehead atoms. The number of hydrogen-bond donors (Lipinski definition) is 2. The van der Waals surface area contributed by atoms with Gasteiger partial charge >= 0.3 is 6.09 Å². The summed E-state index contributed by atoms with van der Waals surface area (Å²) in [5, 5.41) is 3.09. The number of primary amides is 1. The molecule has 0 saturated carbocycles. The maximum absolute atomic E-state index is 13.0. The van der Waals surface area contributed by atoms with E-state index in [0.29, 0.717) is 35.2 Å². The van der Waals surface area contributed by atoms with E-state index < -0.39 is 17.9 Å². The van der Waals surface area contributed by atoms with Crippen LogP contribution in [0.4, 0.5) is 9.80 Å². The minimum Gasteiger partial charge on any atom is -0.493 e. The second kappa shape index (κ2) is 9.77. The van der Waals surface area contributed by atoms with E-state index >= 15 is 0 Å². The molecule has 0 aliphatic carbocycles. The first-order valence-electron chi connectivity index (χ1n) is 9.81. The molecule has 10 nitrogen and oxygen atoms in total. The monoisotopic (exact) mass is 463 g/mol. The van der Waals surface area contributed by atoms with E-state index in [0.717, 1.165) is 10.4 Å². The van der Waals surface area contributed by atoms with Crippen molar-refractivity contribution in [1.29, 1.82) is 0 Å². The molecule has 0 saturated heterocycles. The van der Waals surface area contributed by atoms with Gasteiger partial charge in [-0.2, -0.15) is 0 Å². The van der Waals surface area contributed by atoms with Crippen LogP contribution < -0.4 is 25.3 Å². The molecule has 1 aliphatic heterocycles. The summed E-state index contributed by atoms with van der Waals surface area (Å²) in [5.74, 6) is -0.125. The number of benzene rings is 1. The number of amides is 3. The average Bonchev–Trinajstić information content (AvgIpc) is 3.15. The number of methoxy groups -OCH3 is 3. The van der Waals surface area contributed by atoms with Crippen LogP contribution in [-0.4, -0.2) is 57.3 Å². The summed E-state index contributed by atoms with van der Waals surface area (Å²) in [7, 11) is 4.37. The first kappa shape index (κ1) is 23.2. The van der Waals surface area contributed by atoms with Crippen molar-refractivity contribution in [3.8, 4) is 17.2 Å². The number of nitrogens with two attached hydrogens (primary N) is 1. The zero-order valence-electron chi connectivity index (χ0n) is 18.3. The fourth-order valence-corrected chi connectivity index (χ4v) is 4.77. The summed E-state index contributed by atoms with van der Waals surface area (Å²) in [4.78, 5) is 39.6. The van der Waals surface area contributed by atoms with E-state index in [4.69, 9.17) is 24.7 Å². The molecular weight excluding hydrogens is 438 g/mol. The summed E-state index contributed by atoms with van der Waals surface area (Å²) in [6.07, 6.45) is 0.0124. The van der Waals surface area contributed by atoms with Crippen molar-refractivity contribution in [1.82, 2.24) is 4.90 Å². The lowest BCUT2D eigenvalue weighted by Crippen LogP contribution is -2.36. The summed E-state index contributed by atoms with van der Waals surface area (Å²) in [6, 6.07) is 3.02. The molecule has 172 valence electrons. The Labute approximate surface area is 189 Å². The van der Waals surface area contributed by atoms with E-state index in [-0.39, 0.29) is 24.3 Å². The van der Waals surface area contributed by atoms with Gasteiger partial charge in [0.1, 0.15) is 5.00 Å². The van der Waals surface area contributed by atoms with Crippen LogP contribution in [0, 0.1) is 0 Å². The van der Waals surface area contributed by atoms with Crippen LogP contribution in [0.1, 0.15) is 38.1 Å². The predicted molar refractivity (Wildman–Crippen MR) is 118 cm³/mol. The van der Waals surface area contributed by atoms with Gasteiger partial charge < -0.3 is 34.9 Å². The fraction of sp³-hybridized carbons (Fsp3) is 0.381. The highest BCUT2D eigenvalue weighted by molar-refractivity contribution is 7.17. The van der Waals surface area contributed by atoms with Gasteiger partial charge in [0, 0.05) is 17.0 Å². The first-order chi connectivity index (χ1) is 15.3. The van der Waals surface area contributed by atoms with Gasteiger partial charge in [-0.1, -0.05) is 0 Å². The normalized spacial score (nSPS) is 12.6. The Hall–Kier alpha value is -3.47. The Morgan fingerprint density at radius 2 is 1.78 bits per heavy atom. The largest absolute Gasteiger partial charge is 0.493 e. The number of hydrogen-bond acceptors (Lipinski definition) is 8. The van der Waals surface area contributed by atoms with Gasteiger partial charge in [0.2, 0.25) is 5.75 Å². The molecule has 0 fully saturated rings. The van der Waals surface area contributed by atoms with Crippen LogP contribution in [0.2, 0.25) is 0 Å². The minimum atomic E-state index is -0.646. The summed E-state index contributed by atoms with van der Waals surface area (Å²) >= 11 is 1.21. The van der Waals surface area contributed by atoms with Crippen molar-refractivity contribution in [2.75, 3.05) is 39.8 Å². The second-order valence-corrected chi connectivity index (χ2v) is 7.92. The second-order valence-electron chi connectivity index (χ2n) is 6.81. The highest BCUT2D eigenvalue weighted by Crippen LogP contribution is 2.40. The zero-order chi connectivity index (χ0) is 23.4. The molecule has 3 N–H and O–H groups in total. The number of ether oxygens (including phenoxy) is 4. The smallest absolute Gasteiger partial charge is 0.410 e. The molecule has 3 amide bonds. The summed E-state index contributed by atoms with van der Waals surface area (Å²) in [5.41, 5.74) is 6.87. The Morgan fingerprint density at radius 3 is 2.31 bits per heavy atom. The average molecular weight is 464 g/mol. The van der Waals surface area contributed by atoms with Crippen molar-refractivity contribution < 1.29 is 33.3 Å². The molecule has 0 unspecified atom stereocenters. The zero-order valence-corrected chi connectivity index (χ0v) is 19.1. The third kappa shape index (κ3) is 4.42. The quantitative estimate of drug-likeness (QED) is 0.646. The molecular formula is C21H25N3O7S. The van der Waals surface area contributed by atoms with Crippen LogP contribution in [0.25, 0.3) is 0 Å². The van der Waals surface area contributed by atoms with Gasteiger partial charge in [0.25, 0.3) is 11.8 Å². The van der Waals surface area contributed by atoms with Crippen LogP contribution in [0.15, 0.2) is 12.1 Å². The van der Waals surface area contributed by atoms with Crippen molar-refractivity contribution in [3.05, 3.63) is 33.7 Å². The maximum Gasteiger partial charge on any atom is 0.410 e. The number of thiophene rings is 1. The lowest BCUT2D eigenvalue weighted by molar-refractivity contribution is 0.0997. The Morgan fingerprint density at radius 1 is 1.12 bits per heavy atom. The van der Waals surface area contributed by atoms with Crippen molar-refractivity contribution in [2.45, 2.75) is 19.9 Å². The number of rotatable bonds is 7. The molecule has 2 heterocycles. The van der Waals surface area contributed by atoms with E-state index in [1.165, 1.54) is 44.8 Å². The van der Waals surface area contributed by atoms with Gasteiger partial charge in [0.15, 0.2) is 11.5 Å². The van der Waals surface area contributed by atoms with Gasteiger partial charge in [-0.25, -0.2) is 4.79 Å². The molecule has 11 heteroatoms. The Balaban J connectivity index is 1.92. The standard InChI is InChI=1S/C21H25N3O7S/c1-5-31-21(27)24-7-6-12-15(10-24)32-20(16(12)18(22)25)23-19(26)11-8-13(28-2)17(30-4)14(9-11)29-3/h8-9H,5-7,10H2,1-4H3,(H2,22,25)(H,23,26). The van der Waals surface area contributed by atoms with Crippen LogP contribution in [0.3, 0.4) is 0 Å².